The van der Waals surface area contributed by atoms with E-state index in [1.54, 1.807) is 11.3 Å². The maximum Gasteiger partial charge on any atom is 0.0934 e. The van der Waals surface area contributed by atoms with E-state index in [1.165, 1.54) is 10.5 Å². The Hall–Kier alpha value is 0.0200. The first-order chi connectivity index (χ1) is 5.76. The molecule has 0 radical (unpaired) electrons. The third-order valence-corrected chi connectivity index (χ3v) is 3.09. The highest BCUT2D eigenvalue weighted by molar-refractivity contribution is 7.17. The molecule has 0 aliphatic rings. The molecule has 1 aromatic heterocycles. The number of alkyl halides is 1. The molecule has 1 rings (SSSR count). The summed E-state index contributed by atoms with van der Waals surface area (Å²) >= 11 is 13.1. The molecule has 0 amide bonds. The molecule has 0 aliphatic heterocycles. The van der Waals surface area contributed by atoms with Gasteiger partial charge in [-0.15, -0.1) is 22.9 Å². The Balaban J connectivity index is 2.78. The Bertz CT molecular complexity index is 270. The zero-order valence-corrected chi connectivity index (χ0v) is 9.14. The smallest absolute Gasteiger partial charge is 0.0934 e. The van der Waals surface area contributed by atoms with Crippen LogP contribution in [0, 0.1) is 0 Å². The van der Waals surface area contributed by atoms with Crippen LogP contribution in [0.25, 0.3) is 6.08 Å². The highest BCUT2D eigenvalue weighted by Crippen LogP contribution is 2.24. The van der Waals surface area contributed by atoms with Crippen molar-refractivity contribution in [2.45, 2.75) is 13.3 Å². The lowest BCUT2D eigenvalue weighted by Gasteiger charge is -1.95. The van der Waals surface area contributed by atoms with Crippen LogP contribution in [0.15, 0.2) is 17.7 Å². The van der Waals surface area contributed by atoms with Gasteiger partial charge in [0.2, 0.25) is 0 Å². The summed E-state index contributed by atoms with van der Waals surface area (Å²) in [5.74, 6) is 0.603. The number of hydrogen-bond donors (Lipinski definition) is 0. The van der Waals surface area contributed by atoms with E-state index >= 15 is 0 Å². The molecule has 12 heavy (non-hydrogen) atoms. The minimum absolute atomic E-state index is 0.603. The highest BCUT2D eigenvalue weighted by Gasteiger charge is 1.96. The van der Waals surface area contributed by atoms with Crippen molar-refractivity contribution in [3.8, 4) is 0 Å². The fourth-order valence-electron chi connectivity index (χ4n) is 0.842. The predicted octanol–water partition coefficient (Wildman–Crippen LogP) is 4.43. The van der Waals surface area contributed by atoms with Crippen molar-refractivity contribution in [2.24, 2.45) is 0 Å². The largest absolute Gasteiger partial charge is 0.124 e. The molecular formula is C9H10Cl2S. The Kier molecular flexibility index (Phi) is 4.13. The van der Waals surface area contributed by atoms with E-state index in [0.717, 1.165) is 10.8 Å². The lowest BCUT2D eigenvalue weighted by Crippen LogP contribution is -1.79. The molecule has 1 aromatic rings. The number of allylic oxidation sites excluding steroid dienone is 1. The van der Waals surface area contributed by atoms with Crippen molar-refractivity contribution >= 4 is 40.6 Å². The van der Waals surface area contributed by atoms with Gasteiger partial charge in [0.05, 0.1) is 4.34 Å². The van der Waals surface area contributed by atoms with Gasteiger partial charge in [-0.3, -0.25) is 0 Å². The monoisotopic (exact) mass is 220 g/mol. The standard InChI is InChI=1S/C9H10Cl2S/c1-2-7(6-10)5-8-3-4-9(11)12-8/h3-5H,2,6H2,1H3. The van der Waals surface area contributed by atoms with Gasteiger partial charge in [-0.2, -0.15) is 0 Å². The third-order valence-electron chi connectivity index (χ3n) is 1.57. The van der Waals surface area contributed by atoms with Gasteiger partial charge in [-0.1, -0.05) is 24.1 Å². The van der Waals surface area contributed by atoms with Crippen LogP contribution in [0.3, 0.4) is 0 Å². The van der Waals surface area contributed by atoms with Crippen molar-refractivity contribution in [3.63, 3.8) is 0 Å². The summed E-state index contributed by atoms with van der Waals surface area (Å²) in [5, 5.41) is 0. The molecule has 66 valence electrons. The molecule has 0 N–H and O–H groups in total. The number of thiophene rings is 1. The topological polar surface area (TPSA) is 0 Å². The fraction of sp³-hybridized carbons (Fsp3) is 0.333. The summed E-state index contributed by atoms with van der Waals surface area (Å²) in [4.78, 5) is 1.18. The molecule has 0 spiro atoms. The van der Waals surface area contributed by atoms with Crippen LogP contribution in [-0.2, 0) is 0 Å². The van der Waals surface area contributed by atoms with Gasteiger partial charge in [-0.05, 0) is 24.6 Å². The third kappa shape index (κ3) is 2.81. The van der Waals surface area contributed by atoms with Crippen molar-refractivity contribution in [1.82, 2.24) is 0 Å². The van der Waals surface area contributed by atoms with Crippen LogP contribution >= 0.6 is 34.5 Å². The second-order valence-electron chi connectivity index (χ2n) is 2.43. The van der Waals surface area contributed by atoms with Gasteiger partial charge >= 0.3 is 0 Å². The van der Waals surface area contributed by atoms with Gasteiger partial charge in [-0.25, -0.2) is 0 Å². The molecule has 0 atom stereocenters. The zero-order chi connectivity index (χ0) is 8.97. The van der Waals surface area contributed by atoms with Gasteiger partial charge in [0, 0.05) is 10.8 Å². The summed E-state index contributed by atoms with van der Waals surface area (Å²) in [6.45, 7) is 2.10. The Labute approximate surface area is 86.8 Å². The van der Waals surface area contributed by atoms with Gasteiger partial charge in [0.25, 0.3) is 0 Å². The quantitative estimate of drug-likeness (QED) is 0.662. The molecule has 3 heteroatoms. The lowest BCUT2D eigenvalue weighted by molar-refractivity contribution is 1.12. The highest BCUT2D eigenvalue weighted by atomic mass is 35.5. The number of hydrogen-bond acceptors (Lipinski definition) is 1. The predicted molar refractivity (Wildman–Crippen MR) is 58.3 cm³/mol. The summed E-state index contributed by atoms with van der Waals surface area (Å²) < 4.78 is 0.825. The summed E-state index contributed by atoms with van der Waals surface area (Å²) in [5.41, 5.74) is 1.25. The van der Waals surface area contributed by atoms with Crippen LogP contribution in [-0.4, -0.2) is 5.88 Å². The van der Waals surface area contributed by atoms with Crippen molar-refractivity contribution in [2.75, 3.05) is 5.88 Å². The average molecular weight is 221 g/mol. The van der Waals surface area contributed by atoms with Crippen LogP contribution in [0.4, 0.5) is 0 Å². The second-order valence-corrected chi connectivity index (χ2v) is 4.45. The SMILES string of the molecule is CCC(=Cc1ccc(Cl)s1)CCl. The van der Waals surface area contributed by atoms with Crippen molar-refractivity contribution in [3.05, 3.63) is 26.9 Å². The van der Waals surface area contributed by atoms with E-state index in [9.17, 15) is 0 Å². The normalized spacial score (nSPS) is 12.1. The van der Waals surface area contributed by atoms with Crippen LogP contribution in [0.2, 0.25) is 4.34 Å². The molecule has 0 aliphatic carbocycles. The van der Waals surface area contributed by atoms with E-state index in [4.69, 9.17) is 23.2 Å². The molecular weight excluding hydrogens is 211 g/mol. The second kappa shape index (κ2) is 4.90. The average Bonchev–Trinajstić information content (AvgIpc) is 2.47. The molecule has 1 heterocycles. The lowest BCUT2D eigenvalue weighted by atomic mass is 10.2. The molecule has 0 bridgehead atoms. The maximum atomic E-state index is 5.79. The first-order valence-corrected chi connectivity index (χ1v) is 5.50. The molecule has 0 saturated carbocycles. The number of rotatable bonds is 3. The minimum Gasteiger partial charge on any atom is -0.124 e. The molecule has 0 fully saturated rings. The van der Waals surface area contributed by atoms with Crippen LogP contribution in [0.1, 0.15) is 18.2 Å². The van der Waals surface area contributed by atoms with Gasteiger partial charge in [0.1, 0.15) is 0 Å². The summed E-state index contributed by atoms with van der Waals surface area (Å²) in [6.07, 6.45) is 3.10. The van der Waals surface area contributed by atoms with Gasteiger partial charge in [0.15, 0.2) is 0 Å². The summed E-state index contributed by atoms with van der Waals surface area (Å²) in [6, 6.07) is 3.91. The van der Waals surface area contributed by atoms with E-state index in [0.29, 0.717) is 5.88 Å². The Morgan fingerprint density at radius 1 is 1.58 bits per heavy atom. The molecule has 0 nitrogen and oxygen atoms in total. The van der Waals surface area contributed by atoms with Crippen LogP contribution in [0.5, 0.6) is 0 Å². The van der Waals surface area contributed by atoms with E-state index in [2.05, 4.69) is 13.0 Å². The maximum absolute atomic E-state index is 5.79. The molecule has 0 saturated heterocycles. The Morgan fingerprint density at radius 2 is 2.33 bits per heavy atom. The summed E-state index contributed by atoms with van der Waals surface area (Å²) in [7, 11) is 0. The van der Waals surface area contributed by atoms with E-state index in [-0.39, 0.29) is 0 Å². The van der Waals surface area contributed by atoms with E-state index in [1.807, 2.05) is 12.1 Å². The first kappa shape index (κ1) is 10.1. The van der Waals surface area contributed by atoms with Gasteiger partial charge < -0.3 is 0 Å². The zero-order valence-electron chi connectivity index (χ0n) is 6.81. The minimum atomic E-state index is 0.603. The van der Waals surface area contributed by atoms with Crippen molar-refractivity contribution in [1.29, 1.82) is 0 Å². The first-order valence-electron chi connectivity index (χ1n) is 3.77. The van der Waals surface area contributed by atoms with Crippen molar-refractivity contribution < 1.29 is 0 Å². The number of halogens is 2. The fourth-order valence-corrected chi connectivity index (χ4v) is 2.16. The molecule has 0 unspecified atom stereocenters. The Morgan fingerprint density at radius 3 is 2.75 bits per heavy atom. The van der Waals surface area contributed by atoms with Crippen LogP contribution < -0.4 is 0 Å². The van der Waals surface area contributed by atoms with E-state index < -0.39 is 0 Å². The molecule has 0 aromatic carbocycles.